The molecule has 0 aromatic heterocycles. The Morgan fingerprint density at radius 2 is 2.18 bits per heavy atom. The minimum atomic E-state index is -0.0796. The van der Waals surface area contributed by atoms with Gasteiger partial charge in [-0.2, -0.15) is 0 Å². The van der Waals surface area contributed by atoms with Crippen molar-refractivity contribution in [1.29, 1.82) is 0 Å². The number of amides is 1. The Kier molecular flexibility index (Phi) is 7.99. The quantitative estimate of drug-likeness (QED) is 0.530. The third kappa shape index (κ3) is 7.08. The average molecular weight is 306 g/mol. The molecular weight excluding hydrogens is 280 g/mol. The van der Waals surface area contributed by atoms with Gasteiger partial charge in [0.2, 0.25) is 5.91 Å². The fraction of sp³-hybridized carbons (Fsp3) is 0.500. The number of carbonyl (C=O) groups excluding carboxylic acids is 1. The van der Waals surface area contributed by atoms with Crippen LogP contribution in [0.3, 0.4) is 0 Å². The number of anilines is 1. The van der Waals surface area contributed by atoms with Crippen molar-refractivity contribution in [3.05, 3.63) is 29.8 Å². The largest absolute Gasteiger partial charge is 0.383 e. The van der Waals surface area contributed by atoms with Crippen molar-refractivity contribution >= 4 is 17.6 Å². The molecule has 0 fully saturated rings. The highest BCUT2D eigenvalue weighted by Crippen LogP contribution is 2.11. The van der Waals surface area contributed by atoms with Gasteiger partial charge >= 0.3 is 0 Å². The summed E-state index contributed by atoms with van der Waals surface area (Å²) in [5.41, 5.74) is 1.81. The number of guanidine groups is 1. The smallest absolute Gasteiger partial charge is 0.221 e. The molecule has 1 aromatic rings. The number of ether oxygens (including phenoxy) is 1. The van der Waals surface area contributed by atoms with Gasteiger partial charge in [0, 0.05) is 32.3 Å². The third-order valence-electron chi connectivity index (χ3n) is 2.81. The van der Waals surface area contributed by atoms with Gasteiger partial charge in [-0.15, -0.1) is 0 Å². The molecule has 1 aromatic carbocycles. The Hall–Kier alpha value is -2.08. The maximum Gasteiger partial charge on any atom is 0.221 e. The Bertz CT molecular complexity index is 503. The lowest BCUT2D eigenvalue weighted by Gasteiger charge is -2.17. The van der Waals surface area contributed by atoms with Crippen LogP contribution < -0.4 is 16.0 Å². The van der Waals surface area contributed by atoms with Gasteiger partial charge < -0.3 is 20.7 Å². The molecule has 6 heteroatoms. The number of carbonyl (C=O) groups is 1. The first kappa shape index (κ1) is 18.0. The SMILES string of the molecule is CCNC(=NCc1cccc(NC(C)=O)c1)NC(C)COC. The summed E-state index contributed by atoms with van der Waals surface area (Å²) in [6.45, 7) is 7.49. The number of rotatable bonds is 7. The summed E-state index contributed by atoms with van der Waals surface area (Å²) in [6.07, 6.45) is 0. The second kappa shape index (κ2) is 9.78. The molecule has 0 aliphatic carbocycles. The number of hydrogen-bond acceptors (Lipinski definition) is 3. The second-order valence-corrected chi connectivity index (χ2v) is 5.08. The van der Waals surface area contributed by atoms with Gasteiger partial charge in [0.05, 0.1) is 13.2 Å². The molecule has 1 unspecified atom stereocenters. The van der Waals surface area contributed by atoms with E-state index in [1.165, 1.54) is 6.92 Å². The summed E-state index contributed by atoms with van der Waals surface area (Å²) >= 11 is 0. The number of hydrogen-bond donors (Lipinski definition) is 3. The monoisotopic (exact) mass is 306 g/mol. The van der Waals surface area contributed by atoms with E-state index in [1.807, 2.05) is 38.1 Å². The molecule has 6 nitrogen and oxygen atoms in total. The van der Waals surface area contributed by atoms with E-state index < -0.39 is 0 Å². The lowest BCUT2D eigenvalue weighted by molar-refractivity contribution is -0.114. The van der Waals surface area contributed by atoms with Crippen molar-refractivity contribution in [1.82, 2.24) is 10.6 Å². The van der Waals surface area contributed by atoms with E-state index in [0.717, 1.165) is 23.8 Å². The number of nitrogens with one attached hydrogen (secondary N) is 3. The van der Waals surface area contributed by atoms with Crippen LogP contribution in [0.15, 0.2) is 29.3 Å². The highest BCUT2D eigenvalue weighted by molar-refractivity contribution is 5.88. The van der Waals surface area contributed by atoms with Gasteiger partial charge in [0.25, 0.3) is 0 Å². The summed E-state index contributed by atoms with van der Waals surface area (Å²) in [5.74, 6) is 0.668. The summed E-state index contributed by atoms with van der Waals surface area (Å²) in [4.78, 5) is 15.6. The van der Waals surface area contributed by atoms with E-state index >= 15 is 0 Å². The van der Waals surface area contributed by atoms with Crippen LogP contribution in [0.5, 0.6) is 0 Å². The van der Waals surface area contributed by atoms with E-state index in [2.05, 4.69) is 20.9 Å². The van der Waals surface area contributed by atoms with Crippen LogP contribution >= 0.6 is 0 Å². The lowest BCUT2D eigenvalue weighted by atomic mass is 10.2. The zero-order valence-corrected chi connectivity index (χ0v) is 13.8. The first-order valence-corrected chi connectivity index (χ1v) is 7.45. The minimum Gasteiger partial charge on any atom is -0.383 e. The zero-order chi connectivity index (χ0) is 16.4. The van der Waals surface area contributed by atoms with E-state index in [9.17, 15) is 4.79 Å². The van der Waals surface area contributed by atoms with E-state index in [1.54, 1.807) is 7.11 Å². The van der Waals surface area contributed by atoms with Crippen molar-refractivity contribution in [2.45, 2.75) is 33.4 Å². The van der Waals surface area contributed by atoms with Crippen molar-refractivity contribution in [3.63, 3.8) is 0 Å². The normalized spacial score (nSPS) is 12.6. The predicted molar refractivity (Wildman–Crippen MR) is 90.0 cm³/mol. The van der Waals surface area contributed by atoms with Crippen LogP contribution in [0.2, 0.25) is 0 Å². The molecule has 0 spiro atoms. The van der Waals surface area contributed by atoms with Gasteiger partial charge in [-0.3, -0.25) is 4.79 Å². The van der Waals surface area contributed by atoms with Crippen LogP contribution in [0.25, 0.3) is 0 Å². The van der Waals surface area contributed by atoms with E-state index in [-0.39, 0.29) is 11.9 Å². The number of methoxy groups -OCH3 is 1. The topological polar surface area (TPSA) is 74.8 Å². The van der Waals surface area contributed by atoms with Crippen LogP contribution in [0, 0.1) is 0 Å². The van der Waals surface area contributed by atoms with Gasteiger partial charge in [-0.25, -0.2) is 4.99 Å². The molecule has 0 bridgehead atoms. The zero-order valence-electron chi connectivity index (χ0n) is 13.8. The summed E-state index contributed by atoms with van der Waals surface area (Å²) < 4.78 is 5.11. The molecule has 0 radical (unpaired) electrons. The molecule has 1 atom stereocenters. The molecule has 1 amide bonds. The summed E-state index contributed by atoms with van der Waals surface area (Å²) in [7, 11) is 1.68. The summed E-state index contributed by atoms with van der Waals surface area (Å²) in [6, 6.07) is 7.85. The van der Waals surface area contributed by atoms with E-state index in [4.69, 9.17) is 4.74 Å². The van der Waals surface area contributed by atoms with Crippen molar-refractivity contribution in [3.8, 4) is 0 Å². The van der Waals surface area contributed by atoms with Crippen LogP contribution in [0.4, 0.5) is 5.69 Å². The highest BCUT2D eigenvalue weighted by atomic mass is 16.5. The Labute approximate surface area is 132 Å². The van der Waals surface area contributed by atoms with Gasteiger partial charge in [0.1, 0.15) is 0 Å². The molecule has 0 aliphatic heterocycles. The molecule has 0 aliphatic rings. The lowest BCUT2D eigenvalue weighted by Crippen LogP contribution is -2.43. The summed E-state index contributed by atoms with van der Waals surface area (Å²) in [5, 5.41) is 9.25. The molecule has 0 saturated carbocycles. The van der Waals surface area contributed by atoms with Crippen LogP contribution in [0.1, 0.15) is 26.3 Å². The average Bonchev–Trinajstić information content (AvgIpc) is 2.45. The van der Waals surface area contributed by atoms with Gasteiger partial charge in [0.15, 0.2) is 5.96 Å². The molecule has 22 heavy (non-hydrogen) atoms. The first-order chi connectivity index (χ1) is 10.5. The van der Waals surface area contributed by atoms with Crippen molar-refractivity contribution in [2.24, 2.45) is 4.99 Å². The molecule has 3 N–H and O–H groups in total. The molecule has 1 rings (SSSR count). The van der Waals surface area contributed by atoms with Crippen LogP contribution in [-0.4, -0.2) is 38.2 Å². The Morgan fingerprint density at radius 1 is 1.41 bits per heavy atom. The molecular formula is C16H26N4O2. The Morgan fingerprint density at radius 3 is 2.82 bits per heavy atom. The fourth-order valence-electron chi connectivity index (χ4n) is 1.97. The Balaban J connectivity index is 2.70. The van der Waals surface area contributed by atoms with Gasteiger partial charge in [-0.1, -0.05) is 12.1 Å². The van der Waals surface area contributed by atoms with Gasteiger partial charge in [-0.05, 0) is 31.5 Å². The van der Waals surface area contributed by atoms with Crippen molar-refractivity contribution < 1.29 is 9.53 Å². The number of aliphatic imine (C=N–C) groups is 1. The number of benzene rings is 1. The second-order valence-electron chi connectivity index (χ2n) is 5.08. The first-order valence-electron chi connectivity index (χ1n) is 7.45. The molecule has 122 valence electrons. The molecule has 0 heterocycles. The highest BCUT2D eigenvalue weighted by Gasteiger charge is 2.04. The minimum absolute atomic E-state index is 0.0796. The molecule has 0 saturated heterocycles. The van der Waals surface area contributed by atoms with E-state index in [0.29, 0.717) is 13.2 Å². The standard InChI is InChI=1S/C16H26N4O2/c1-5-17-16(19-12(2)11-22-4)18-10-14-7-6-8-15(9-14)20-13(3)21/h6-9,12H,5,10-11H2,1-4H3,(H,20,21)(H2,17,18,19). The number of nitrogens with zero attached hydrogens (tertiary/aromatic N) is 1. The third-order valence-corrected chi connectivity index (χ3v) is 2.81. The predicted octanol–water partition coefficient (Wildman–Crippen LogP) is 1.74. The maximum absolute atomic E-state index is 11.1. The van der Waals surface area contributed by atoms with Crippen molar-refractivity contribution in [2.75, 3.05) is 25.6 Å². The van der Waals surface area contributed by atoms with Crippen LogP contribution in [-0.2, 0) is 16.1 Å². The maximum atomic E-state index is 11.1. The fourth-order valence-corrected chi connectivity index (χ4v) is 1.97.